The number of carboxylic acid groups (broad SMARTS) is 1. The van der Waals surface area contributed by atoms with Crippen LogP contribution in [0.5, 0.6) is 5.75 Å². The van der Waals surface area contributed by atoms with Gasteiger partial charge < -0.3 is 20.5 Å². The van der Waals surface area contributed by atoms with Gasteiger partial charge in [-0.25, -0.2) is 14.8 Å². The number of amides is 2. The highest BCUT2D eigenvalue weighted by Crippen LogP contribution is 2.35. The summed E-state index contributed by atoms with van der Waals surface area (Å²) in [7, 11) is 0. The molecular formula is C44H47F3N4O5S. The van der Waals surface area contributed by atoms with E-state index >= 15 is 0 Å². The van der Waals surface area contributed by atoms with Gasteiger partial charge in [0, 0.05) is 34.8 Å². The molecule has 57 heavy (non-hydrogen) atoms. The minimum atomic E-state index is -4.87. The van der Waals surface area contributed by atoms with Crippen molar-refractivity contribution < 1.29 is 37.4 Å². The summed E-state index contributed by atoms with van der Waals surface area (Å²) < 4.78 is 47.5. The third-order valence-corrected chi connectivity index (χ3v) is 10.8. The number of aliphatic carboxylic acids is 1. The smallest absolute Gasteiger partial charge is 0.416 e. The quantitative estimate of drug-likeness (QED) is 0.0799. The molecule has 5 rings (SSSR count). The van der Waals surface area contributed by atoms with Crippen LogP contribution >= 0.6 is 11.3 Å². The number of hydrogen-bond donors (Lipinski definition) is 3. The van der Waals surface area contributed by atoms with Crippen molar-refractivity contribution in [1.82, 2.24) is 20.6 Å². The topological polar surface area (TPSA) is 131 Å². The minimum absolute atomic E-state index is 0.0963. The molecule has 300 valence electrons. The first-order valence-electron chi connectivity index (χ1n) is 18.9. The van der Waals surface area contributed by atoms with E-state index in [0.29, 0.717) is 28.4 Å². The highest BCUT2D eigenvalue weighted by atomic mass is 32.1. The van der Waals surface area contributed by atoms with Gasteiger partial charge in [0.1, 0.15) is 11.8 Å². The number of nitrogens with one attached hydrogen (secondary N) is 2. The highest BCUT2D eigenvalue weighted by molar-refractivity contribution is 7.14. The number of carbonyl (C=O) groups is 3. The third kappa shape index (κ3) is 11.7. The molecule has 5 aromatic rings. The second-order valence-electron chi connectivity index (χ2n) is 14.8. The van der Waals surface area contributed by atoms with Gasteiger partial charge in [0.05, 0.1) is 17.0 Å². The SMILES string of the molecule is CCCCCCCOc1ccc(-c2cnc(-c3ccc(CC(NC(=O)c4ccc(C(C)(C)C)s4)C(=O)NC(C(=O)O)c4ccccc4C(F)(F)F)cc3)nc2)cc1. The van der Waals surface area contributed by atoms with Gasteiger partial charge >= 0.3 is 12.1 Å². The Kier molecular flexibility index (Phi) is 14.2. The Bertz CT molecular complexity index is 2110. The molecule has 0 fully saturated rings. The van der Waals surface area contributed by atoms with E-state index in [1.807, 2.05) is 51.1 Å². The third-order valence-electron chi connectivity index (χ3n) is 9.31. The number of aromatic nitrogens is 2. The number of carbonyl (C=O) groups excluding carboxylic acids is 2. The Balaban J connectivity index is 1.31. The number of unbranched alkanes of at least 4 members (excludes halogenated alkanes) is 4. The van der Waals surface area contributed by atoms with Crippen molar-refractivity contribution in [3.8, 4) is 28.3 Å². The van der Waals surface area contributed by atoms with Gasteiger partial charge in [-0.1, -0.05) is 108 Å². The number of carboxylic acids is 1. The summed E-state index contributed by atoms with van der Waals surface area (Å²) in [4.78, 5) is 49.9. The molecular weight excluding hydrogens is 754 g/mol. The molecule has 3 N–H and O–H groups in total. The number of benzene rings is 3. The molecule has 2 atom stereocenters. The largest absolute Gasteiger partial charge is 0.494 e. The lowest BCUT2D eigenvalue weighted by Gasteiger charge is -2.23. The molecule has 0 spiro atoms. The monoisotopic (exact) mass is 800 g/mol. The van der Waals surface area contributed by atoms with Crippen molar-refractivity contribution in [3.05, 3.63) is 124 Å². The Labute approximate surface area is 334 Å². The molecule has 0 aliphatic heterocycles. The van der Waals surface area contributed by atoms with Crippen molar-refractivity contribution in [2.24, 2.45) is 0 Å². The minimum Gasteiger partial charge on any atom is -0.494 e. The summed E-state index contributed by atoms with van der Waals surface area (Å²) in [5, 5.41) is 14.9. The predicted molar refractivity (Wildman–Crippen MR) is 215 cm³/mol. The number of halogens is 3. The van der Waals surface area contributed by atoms with Crippen molar-refractivity contribution in [2.75, 3.05) is 6.61 Å². The maximum absolute atomic E-state index is 13.9. The number of nitrogens with zero attached hydrogens (tertiary/aromatic N) is 2. The van der Waals surface area contributed by atoms with Gasteiger partial charge in [0.2, 0.25) is 5.91 Å². The van der Waals surface area contributed by atoms with Crippen LogP contribution in [0.15, 0.2) is 97.3 Å². The fourth-order valence-corrected chi connectivity index (χ4v) is 7.08. The zero-order valence-electron chi connectivity index (χ0n) is 32.4. The van der Waals surface area contributed by atoms with Gasteiger partial charge in [0.15, 0.2) is 11.9 Å². The molecule has 9 nitrogen and oxygen atoms in total. The first kappa shape index (κ1) is 42.6. The van der Waals surface area contributed by atoms with Crippen LogP contribution < -0.4 is 15.4 Å². The Morgan fingerprint density at radius 3 is 2.05 bits per heavy atom. The van der Waals surface area contributed by atoms with Crippen LogP contribution in [0, 0.1) is 0 Å². The molecule has 0 aliphatic carbocycles. The summed E-state index contributed by atoms with van der Waals surface area (Å²) in [5.41, 5.74) is 0.966. The average molecular weight is 801 g/mol. The number of rotatable bonds is 17. The van der Waals surface area contributed by atoms with E-state index < -0.39 is 47.2 Å². The van der Waals surface area contributed by atoms with Crippen molar-refractivity contribution in [1.29, 1.82) is 0 Å². The summed E-state index contributed by atoms with van der Waals surface area (Å²) in [6, 6.07) is 18.9. The lowest BCUT2D eigenvalue weighted by atomic mass is 9.95. The second kappa shape index (κ2) is 19.1. The second-order valence-corrected chi connectivity index (χ2v) is 15.9. The van der Waals surface area contributed by atoms with Crippen LogP contribution in [0.25, 0.3) is 22.5 Å². The fourth-order valence-electron chi connectivity index (χ4n) is 6.11. The van der Waals surface area contributed by atoms with E-state index in [9.17, 15) is 32.7 Å². The van der Waals surface area contributed by atoms with E-state index in [0.717, 1.165) is 52.8 Å². The average Bonchev–Trinajstić information content (AvgIpc) is 3.70. The van der Waals surface area contributed by atoms with Crippen LogP contribution in [0.1, 0.15) is 97.1 Å². The van der Waals surface area contributed by atoms with Crippen molar-refractivity contribution in [2.45, 2.75) is 89.9 Å². The molecule has 2 unspecified atom stereocenters. The lowest BCUT2D eigenvalue weighted by molar-refractivity contribution is -0.144. The van der Waals surface area contributed by atoms with Crippen molar-refractivity contribution in [3.63, 3.8) is 0 Å². The summed E-state index contributed by atoms with van der Waals surface area (Å²) in [5.74, 6) is -1.98. The van der Waals surface area contributed by atoms with Gasteiger partial charge in [0.25, 0.3) is 5.91 Å². The predicted octanol–water partition coefficient (Wildman–Crippen LogP) is 9.82. The Morgan fingerprint density at radius 2 is 1.44 bits per heavy atom. The van der Waals surface area contributed by atoms with Gasteiger partial charge in [-0.3, -0.25) is 9.59 Å². The van der Waals surface area contributed by atoms with E-state index in [2.05, 4.69) is 27.5 Å². The van der Waals surface area contributed by atoms with E-state index in [1.54, 1.807) is 42.7 Å². The van der Waals surface area contributed by atoms with E-state index in [-0.39, 0.29) is 11.8 Å². The van der Waals surface area contributed by atoms with Crippen molar-refractivity contribution >= 4 is 29.1 Å². The molecule has 0 aliphatic rings. The van der Waals surface area contributed by atoms with E-state index in [4.69, 9.17) is 4.74 Å². The molecule has 13 heteroatoms. The lowest BCUT2D eigenvalue weighted by Crippen LogP contribution is -2.50. The van der Waals surface area contributed by atoms with Gasteiger partial charge in [-0.2, -0.15) is 13.2 Å². The number of ether oxygens (including phenoxy) is 1. The Hall–Kier alpha value is -5.56. The normalized spacial score (nSPS) is 12.8. The first-order valence-corrected chi connectivity index (χ1v) is 19.7. The van der Waals surface area contributed by atoms with Crippen LogP contribution in [0.4, 0.5) is 13.2 Å². The number of alkyl halides is 3. The summed E-state index contributed by atoms with van der Waals surface area (Å²) >= 11 is 1.25. The van der Waals surface area contributed by atoms with Crippen LogP contribution in [-0.4, -0.2) is 45.5 Å². The molecule has 3 aromatic carbocycles. The van der Waals surface area contributed by atoms with Crippen LogP contribution in [-0.2, 0) is 27.6 Å². The molecule has 0 bridgehead atoms. The molecule has 2 amide bonds. The van der Waals surface area contributed by atoms with E-state index in [1.165, 1.54) is 36.7 Å². The van der Waals surface area contributed by atoms with Gasteiger partial charge in [-0.15, -0.1) is 11.3 Å². The number of hydrogen-bond acceptors (Lipinski definition) is 7. The number of thiophene rings is 1. The zero-order chi connectivity index (χ0) is 41.2. The van der Waals surface area contributed by atoms with Crippen LogP contribution in [0.2, 0.25) is 0 Å². The van der Waals surface area contributed by atoms with Gasteiger partial charge in [-0.05, 0) is 58.9 Å². The Morgan fingerprint density at radius 1 is 0.789 bits per heavy atom. The fraction of sp³-hybridized carbons (Fsp3) is 0.341. The maximum Gasteiger partial charge on any atom is 0.416 e. The van der Waals surface area contributed by atoms with Crippen LogP contribution in [0.3, 0.4) is 0 Å². The standard InChI is InChI=1S/C44H47F3N4O5S/c1-5-6-7-8-11-24-56-32-20-18-29(19-21-32)31-26-48-39(49-27-31)30-16-14-28(15-17-30)25-35(50-41(53)36-22-23-37(57-36)43(2,3)4)40(52)51-38(42(54)55)33-12-9-10-13-34(33)44(45,46)47/h9-10,12-23,26-27,35,38H,5-8,11,24-25H2,1-4H3,(H,50,53)(H,51,52)(H,54,55). The maximum atomic E-state index is 13.9. The molecule has 0 saturated heterocycles. The summed E-state index contributed by atoms with van der Waals surface area (Å²) in [6.07, 6.45) is 4.33. The zero-order valence-corrected chi connectivity index (χ0v) is 33.2. The molecule has 2 aromatic heterocycles. The molecule has 2 heterocycles. The summed E-state index contributed by atoms with van der Waals surface area (Å²) in [6.45, 7) is 8.86. The molecule has 0 saturated carbocycles. The highest BCUT2D eigenvalue weighted by Gasteiger charge is 2.38. The molecule has 0 radical (unpaired) electrons. The first-order chi connectivity index (χ1) is 27.1.